The third-order valence-corrected chi connectivity index (χ3v) is 6.20. The molecule has 0 aromatic heterocycles. The molecule has 1 aliphatic carbocycles. The lowest BCUT2D eigenvalue weighted by Crippen LogP contribution is -2.33. The fourth-order valence-corrected chi connectivity index (χ4v) is 4.93. The Labute approximate surface area is 152 Å². The molecule has 0 amide bonds. The highest BCUT2D eigenvalue weighted by Crippen LogP contribution is 2.47. The summed E-state index contributed by atoms with van der Waals surface area (Å²) in [5, 5.41) is 9.89. The molecule has 2 aliphatic heterocycles. The van der Waals surface area contributed by atoms with Crippen LogP contribution in [0.2, 0.25) is 0 Å². The van der Waals surface area contributed by atoms with Crippen LogP contribution >= 0.6 is 8.43 Å². The van der Waals surface area contributed by atoms with Crippen LogP contribution in [-0.4, -0.2) is 42.8 Å². The van der Waals surface area contributed by atoms with Gasteiger partial charge in [-0.1, -0.05) is 19.8 Å². The monoisotopic (exact) mass is 370 g/mol. The van der Waals surface area contributed by atoms with Crippen LogP contribution in [0, 0.1) is 11.8 Å². The van der Waals surface area contributed by atoms with E-state index in [2.05, 4.69) is 13.2 Å². The van der Waals surface area contributed by atoms with E-state index in [0.29, 0.717) is 39.9 Å². The zero-order chi connectivity index (χ0) is 17.7. The van der Waals surface area contributed by atoms with E-state index in [4.69, 9.17) is 18.7 Å². The molecule has 1 saturated heterocycles. The second-order valence-corrected chi connectivity index (χ2v) is 7.84. The Morgan fingerprint density at radius 1 is 1.32 bits per heavy atom. The van der Waals surface area contributed by atoms with Crippen molar-refractivity contribution in [2.45, 2.75) is 76.5 Å². The van der Waals surface area contributed by atoms with Gasteiger partial charge in [0.25, 0.3) is 0 Å². The molecule has 0 spiro atoms. The lowest BCUT2D eigenvalue weighted by Gasteiger charge is -2.32. The van der Waals surface area contributed by atoms with E-state index in [9.17, 15) is 5.11 Å². The minimum atomic E-state index is -0.704. The van der Waals surface area contributed by atoms with E-state index in [1.165, 1.54) is 18.4 Å². The minimum absolute atomic E-state index is 0.137. The molecule has 0 aromatic carbocycles. The Morgan fingerprint density at radius 3 is 2.84 bits per heavy atom. The van der Waals surface area contributed by atoms with Crippen molar-refractivity contribution in [1.82, 2.24) is 0 Å². The molecule has 0 aromatic rings. The molecule has 2 fully saturated rings. The summed E-state index contributed by atoms with van der Waals surface area (Å²) in [5.41, 5.74) is 1.26. The first kappa shape index (κ1) is 19.3. The third kappa shape index (κ3) is 4.64. The van der Waals surface area contributed by atoms with Crippen molar-refractivity contribution >= 4 is 14.7 Å². The van der Waals surface area contributed by atoms with Crippen LogP contribution in [0.1, 0.15) is 58.3 Å². The Morgan fingerprint density at radius 2 is 2.12 bits per heavy atom. The van der Waals surface area contributed by atoms with Gasteiger partial charge in [0.2, 0.25) is 0 Å². The Hall–Kier alpha value is -0.450. The zero-order valence-electron chi connectivity index (χ0n) is 15.2. The number of unbranched alkanes of at least 4 members (excludes halogenated alkanes) is 2. The van der Waals surface area contributed by atoms with Crippen molar-refractivity contribution in [2.24, 2.45) is 11.8 Å². The molecular formula is C19H31O5P. The topological polar surface area (TPSA) is 57.2 Å². The van der Waals surface area contributed by atoms with Crippen molar-refractivity contribution in [3.8, 4) is 0 Å². The summed E-state index contributed by atoms with van der Waals surface area (Å²) in [7, 11) is 0.708. The van der Waals surface area contributed by atoms with Gasteiger partial charge < -0.3 is 23.8 Å². The molecular weight excluding hydrogens is 339 g/mol. The maximum absolute atomic E-state index is 9.89. The second kappa shape index (κ2) is 8.96. The summed E-state index contributed by atoms with van der Waals surface area (Å²) in [6.45, 7) is 3.59. The van der Waals surface area contributed by atoms with Crippen molar-refractivity contribution < 1.29 is 23.8 Å². The highest BCUT2D eigenvalue weighted by molar-refractivity contribution is 7.31. The van der Waals surface area contributed by atoms with Gasteiger partial charge in [0.1, 0.15) is 0 Å². The number of aliphatic hydroxyl groups is 1. The summed E-state index contributed by atoms with van der Waals surface area (Å²) in [6, 6.07) is 0. The lowest BCUT2D eigenvalue weighted by molar-refractivity contribution is -0.171. The van der Waals surface area contributed by atoms with Gasteiger partial charge in [-0.2, -0.15) is 0 Å². The standard InChI is InChI=1S/C19H31O5P/c1-3-4-5-7-19(22-9-10-23-19)8-6-15-16-12-18(20)21-13-14(16)11-17(15)24-25-2/h13,15-18,20H,2-12H2,1H3/t15?,16?,17-,18?/m1/s1. The van der Waals surface area contributed by atoms with Gasteiger partial charge in [-0.25, -0.2) is 0 Å². The Kier molecular flexibility index (Phi) is 6.93. The first-order valence-corrected chi connectivity index (χ1v) is 10.6. The molecule has 3 aliphatic rings. The van der Waals surface area contributed by atoms with E-state index in [0.717, 1.165) is 32.1 Å². The minimum Gasteiger partial charge on any atom is -0.473 e. The van der Waals surface area contributed by atoms with Gasteiger partial charge in [-0.05, 0) is 43.0 Å². The molecule has 0 bridgehead atoms. The number of fused-ring (bicyclic) bond motifs is 1. The van der Waals surface area contributed by atoms with Crippen LogP contribution in [0.5, 0.6) is 0 Å². The summed E-state index contributed by atoms with van der Waals surface area (Å²) in [5.74, 6) is 0.262. The van der Waals surface area contributed by atoms with Crippen LogP contribution in [0.4, 0.5) is 0 Å². The molecule has 0 radical (unpaired) electrons. The predicted octanol–water partition coefficient (Wildman–Crippen LogP) is 4.03. The van der Waals surface area contributed by atoms with Crippen molar-refractivity contribution in [2.75, 3.05) is 13.2 Å². The number of rotatable bonds is 9. The SMILES string of the molecule is C=PO[C@@H]1CC2=COC(O)CC2C1CCC1(CCCCC)OCCO1. The average molecular weight is 370 g/mol. The quantitative estimate of drug-likeness (QED) is 0.491. The Bertz CT molecular complexity index is 474. The largest absolute Gasteiger partial charge is 0.473 e. The highest BCUT2D eigenvalue weighted by Gasteiger charge is 2.45. The first-order chi connectivity index (χ1) is 12.2. The van der Waals surface area contributed by atoms with Gasteiger partial charge in [0.15, 0.2) is 12.1 Å². The first-order valence-electron chi connectivity index (χ1n) is 9.59. The fourth-order valence-electron chi connectivity index (χ4n) is 4.51. The average Bonchev–Trinajstić information content (AvgIpc) is 3.19. The summed E-state index contributed by atoms with van der Waals surface area (Å²) in [4.78, 5) is 0. The van der Waals surface area contributed by atoms with E-state index >= 15 is 0 Å². The normalized spacial score (nSPS) is 33.9. The molecule has 3 unspecified atom stereocenters. The number of ether oxygens (including phenoxy) is 3. The van der Waals surface area contributed by atoms with Crippen molar-refractivity contribution in [3.05, 3.63) is 11.8 Å². The van der Waals surface area contributed by atoms with Gasteiger partial charge in [0, 0.05) is 27.7 Å². The van der Waals surface area contributed by atoms with Crippen LogP contribution in [0.25, 0.3) is 0 Å². The van der Waals surface area contributed by atoms with Crippen LogP contribution < -0.4 is 0 Å². The molecule has 6 heteroatoms. The number of aliphatic hydroxyl groups excluding tert-OH is 1. The number of hydrogen-bond donors (Lipinski definition) is 1. The molecule has 2 heterocycles. The van der Waals surface area contributed by atoms with Crippen molar-refractivity contribution in [3.63, 3.8) is 0 Å². The van der Waals surface area contributed by atoms with Crippen LogP contribution in [-0.2, 0) is 18.7 Å². The van der Waals surface area contributed by atoms with Gasteiger partial charge >= 0.3 is 0 Å². The third-order valence-electron chi connectivity index (χ3n) is 5.78. The maximum Gasteiger partial charge on any atom is 0.197 e. The van der Waals surface area contributed by atoms with E-state index in [1.807, 2.05) is 0 Å². The van der Waals surface area contributed by atoms with Crippen LogP contribution in [0.15, 0.2) is 11.8 Å². The van der Waals surface area contributed by atoms with E-state index < -0.39 is 12.1 Å². The highest BCUT2D eigenvalue weighted by atomic mass is 31.1. The Balaban J connectivity index is 1.64. The summed E-state index contributed by atoms with van der Waals surface area (Å²) >= 11 is 0. The fraction of sp³-hybridized carbons (Fsp3) is 0.842. The zero-order valence-corrected chi connectivity index (χ0v) is 16.1. The molecule has 25 heavy (non-hydrogen) atoms. The van der Waals surface area contributed by atoms with Gasteiger partial charge in [-0.3, -0.25) is 0 Å². The van der Waals surface area contributed by atoms with E-state index in [-0.39, 0.29) is 6.10 Å². The molecule has 1 saturated carbocycles. The molecule has 3 rings (SSSR count). The maximum atomic E-state index is 9.89. The molecule has 5 nitrogen and oxygen atoms in total. The number of hydrogen-bond acceptors (Lipinski definition) is 5. The summed E-state index contributed by atoms with van der Waals surface area (Å²) < 4.78 is 23.3. The predicted molar refractivity (Wildman–Crippen MR) is 98.3 cm³/mol. The molecule has 142 valence electrons. The molecule has 4 atom stereocenters. The van der Waals surface area contributed by atoms with Crippen molar-refractivity contribution in [1.29, 1.82) is 0 Å². The smallest absolute Gasteiger partial charge is 0.197 e. The van der Waals surface area contributed by atoms with E-state index in [1.54, 1.807) is 6.26 Å². The second-order valence-electron chi connectivity index (χ2n) is 7.37. The van der Waals surface area contributed by atoms with Crippen LogP contribution in [0.3, 0.4) is 0 Å². The lowest BCUT2D eigenvalue weighted by atomic mass is 9.84. The molecule has 1 N–H and O–H groups in total. The van der Waals surface area contributed by atoms with Gasteiger partial charge in [-0.15, -0.1) is 0 Å². The van der Waals surface area contributed by atoms with Gasteiger partial charge in [0.05, 0.1) is 25.6 Å². The summed E-state index contributed by atoms with van der Waals surface area (Å²) in [6.07, 6.45) is 12.9.